The van der Waals surface area contributed by atoms with Crippen LogP contribution in [-0.2, 0) is 9.73 Å². The van der Waals surface area contributed by atoms with Gasteiger partial charge in [-0.15, -0.1) is 4.36 Å². The van der Waals surface area contributed by atoms with Crippen molar-refractivity contribution < 1.29 is 4.21 Å². The van der Waals surface area contributed by atoms with E-state index in [2.05, 4.69) is 4.36 Å². The molecular weight excluding hydrogens is 162 g/mol. The van der Waals surface area contributed by atoms with Gasteiger partial charge in [-0.25, -0.2) is 4.21 Å². The van der Waals surface area contributed by atoms with Gasteiger partial charge in [-0.3, -0.25) is 0 Å². The molecule has 0 N–H and O–H groups in total. The van der Waals surface area contributed by atoms with E-state index in [0.29, 0.717) is 0 Å². The SMILES string of the molecule is CC(C)(C#N)S(C)(=O)=NC#N. The van der Waals surface area contributed by atoms with Gasteiger partial charge in [0, 0.05) is 6.26 Å². The van der Waals surface area contributed by atoms with Crippen molar-refractivity contribution in [3.05, 3.63) is 0 Å². The predicted octanol–water partition coefficient (Wildman–Crippen LogP) is 0.867. The van der Waals surface area contributed by atoms with Crippen molar-refractivity contribution in [1.29, 1.82) is 10.5 Å². The highest BCUT2D eigenvalue weighted by Crippen LogP contribution is 2.15. The molecule has 60 valence electrons. The Kier molecular flexibility index (Phi) is 2.61. The summed E-state index contributed by atoms with van der Waals surface area (Å²) in [5.74, 6) is 0. The Morgan fingerprint density at radius 3 is 2.18 bits per heavy atom. The molecule has 0 rings (SSSR count). The van der Waals surface area contributed by atoms with Gasteiger partial charge in [0.15, 0.2) is 0 Å². The summed E-state index contributed by atoms with van der Waals surface area (Å²) in [6.45, 7) is 2.99. The van der Waals surface area contributed by atoms with Gasteiger partial charge in [0.1, 0.15) is 4.75 Å². The van der Waals surface area contributed by atoms with Gasteiger partial charge >= 0.3 is 0 Å². The molecule has 11 heavy (non-hydrogen) atoms. The Bertz CT molecular complexity index is 336. The normalized spacial score (nSPS) is 15.7. The lowest BCUT2D eigenvalue weighted by Gasteiger charge is -2.14. The molecule has 0 aliphatic heterocycles. The molecule has 0 bridgehead atoms. The Balaban J connectivity index is 5.27. The molecule has 0 spiro atoms. The van der Waals surface area contributed by atoms with Gasteiger partial charge in [0.05, 0.1) is 15.8 Å². The molecule has 4 nitrogen and oxygen atoms in total. The zero-order valence-electron chi connectivity index (χ0n) is 6.66. The maximum atomic E-state index is 11.4. The summed E-state index contributed by atoms with van der Waals surface area (Å²) in [5.41, 5.74) is 0. The van der Waals surface area contributed by atoms with Crippen LogP contribution >= 0.6 is 0 Å². The standard InChI is InChI=1S/C6H9N3OS/c1-6(2,4-7)11(3,10)9-5-8/h1-3H3. The van der Waals surface area contributed by atoms with Crippen molar-refractivity contribution in [2.45, 2.75) is 18.6 Å². The Morgan fingerprint density at radius 2 is 1.91 bits per heavy atom. The quantitative estimate of drug-likeness (QED) is 0.549. The topological polar surface area (TPSA) is 77.0 Å². The van der Waals surface area contributed by atoms with E-state index >= 15 is 0 Å². The summed E-state index contributed by atoms with van der Waals surface area (Å²) in [6, 6.07) is 1.85. The fourth-order valence-corrected chi connectivity index (χ4v) is 0.830. The summed E-state index contributed by atoms with van der Waals surface area (Å²) in [6.07, 6.45) is 2.75. The molecule has 5 heteroatoms. The average molecular weight is 171 g/mol. The highest BCUT2D eigenvalue weighted by atomic mass is 32.2. The van der Waals surface area contributed by atoms with E-state index in [1.54, 1.807) is 0 Å². The summed E-state index contributed by atoms with van der Waals surface area (Å²) in [5, 5.41) is 16.7. The molecule has 0 aliphatic rings. The molecule has 0 aromatic heterocycles. The minimum Gasteiger partial charge on any atom is -0.247 e. The van der Waals surface area contributed by atoms with Crippen LogP contribution in [0.2, 0.25) is 0 Å². The monoisotopic (exact) mass is 171 g/mol. The second-order valence-corrected chi connectivity index (χ2v) is 5.42. The van der Waals surface area contributed by atoms with E-state index in [1.165, 1.54) is 26.3 Å². The van der Waals surface area contributed by atoms with Gasteiger partial charge in [0.2, 0.25) is 6.19 Å². The van der Waals surface area contributed by atoms with E-state index < -0.39 is 14.5 Å². The molecule has 0 aromatic carbocycles. The van der Waals surface area contributed by atoms with E-state index in [0.717, 1.165) is 0 Å². The van der Waals surface area contributed by atoms with Crippen molar-refractivity contribution in [2.75, 3.05) is 6.26 Å². The van der Waals surface area contributed by atoms with Crippen LogP contribution in [0, 0.1) is 22.8 Å². The number of nitriles is 2. The number of rotatable bonds is 1. The molecule has 0 heterocycles. The molecule has 0 saturated heterocycles. The van der Waals surface area contributed by atoms with Gasteiger partial charge in [-0.2, -0.15) is 10.5 Å². The summed E-state index contributed by atoms with van der Waals surface area (Å²) < 4.78 is 13.6. The molecule has 0 saturated carbocycles. The first-order valence-corrected chi connectivity index (χ1v) is 4.81. The van der Waals surface area contributed by atoms with Crippen LogP contribution in [0.5, 0.6) is 0 Å². The molecule has 0 radical (unpaired) electrons. The van der Waals surface area contributed by atoms with Crippen molar-refractivity contribution in [3.8, 4) is 12.3 Å². The minimum absolute atomic E-state index is 1.07. The minimum atomic E-state index is -2.71. The fraction of sp³-hybridized carbons (Fsp3) is 0.667. The zero-order valence-corrected chi connectivity index (χ0v) is 7.47. The average Bonchev–Trinajstić information content (AvgIpc) is 1.87. The first kappa shape index (κ1) is 9.93. The predicted molar refractivity (Wildman–Crippen MR) is 41.8 cm³/mol. The number of nitrogens with zero attached hydrogens (tertiary/aromatic N) is 3. The number of hydrogen-bond donors (Lipinski definition) is 0. The van der Waals surface area contributed by atoms with Crippen molar-refractivity contribution in [1.82, 2.24) is 0 Å². The lowest BCUT2D eigenvalue weighted by Crippen LogP contribution is -2.28. The van der Waals surface area contributed by atoms with E-state index in [1.807, 2.05) is 6.07 Å². The molecule has 0 aromatic rings. The first-order valence-electron chi connectivity index (χ1n) is 2.88. The largest absolute Gasteiger partial charge is 0.247 e. The summed E-state index contributed by atoms with van der Waals surface area (Å²) in [4.78, 5) is 0. The molecule has 1 atom stereocenters. The first-order chi connectivity index (χ1) is 4.87. The maximum absolute atomic E-state index is 11.4. The lowest BCUT2D eigenvalue weighted by atomic mass is 10.2. The third kappa shape index (κ3) is 1.92. The Morgan fingerprint density at radius 1 is 1.45 bits per heavy atom. The van der Waals surface area contributed by atoms with Gasteiger partial charge in [0.25, 0.3) is 0 Å². The van der Waals surface area contributed by atoms with Crippen LogP contribution < -0.4 is 0 Å². The van der Waals surface area contributed by atoms with Gasteiger partial charge < -0.3 is 0 Å². The van der Waals surface area contributed by atoms with Gasteiger partial charge in [-0.1, -0.05) is 0 Å². The summed E-state index contributed by atoms with van der Waals surface area (Å²) >= 11 is 0. The summed E-state index contributed by atoms with van der Waals surface area (Å²) in [7, 11) is -2.71. The molecule has 0 aliphatic carbocycles. The number of hydrogen-bond acceptors (Lipinski definition) is 4. The van der Waals surface area contributed by atoms with Crippen molar-refractivity contribution in [2.24, 2.45) is 4.36 Å². The fourth-order valence-electron chi connectivity index (χ4n) is 0.277. The molecule has 1 unspecified atom stereocenters. The van der Waals surface area contributed by atoms with E-state index in [-0.39, 0.29) is 0 Å². The highest BCUT2D eigenvalue weighted by molar-refractivity contribution is 7.94. The third-order valence-electron chi connectivity index (χ3n) is 1.43. The molecule has 0 fully saturated rings. The van der Waals surface area contributed by atoms with E-state index in [4.69, 9.17) is 10.5 Å². The van der Waals surface area contributed by atoms with E-state index in [9.17, 15) is 4.21 Å². The molecule has 0 amide bonds. The van der Waals surface area contributed by atoms with Crippen LogP contribution in [-0.4, -0.2) is 15.2 Å². The van der Waals surface area contributed by atoms with Crippen LogP contribution in [0.25, 0.3) is 0 Å². The smallest absolute Gasteiger partial charge is 0.214 e. The van der Waals surface area contributed by atoms with Crippen molar-refractivity contribution >= 4 is 9.73 Å². The maximum Gasteiger partial charge on any atom is 0.214 e. The van der Waals surface area contributed by atoms with Crippen LogP contribution in [0.1, 0.15) is 13.8 Å². The second kappa shape index (κ2) is 2.89. The van der Waals surface area contributed by atoms with Crippen LogP contribution in [0.3, 0.4) is 0 Å². The third-order valence-corrected chi connectivity index (χ3v) is 3.85. The highest BCUT2D eigenvalue weighted by Gasteiger charge is 2.27. The second-order valence-electron chi connectivity index (χ2n) is 2.62. The van der Waals surface area contributed by atoms with Crippen molar-refractivity contribution in [3.63, 3.8) is 0 Å². The van der Waals surface area contributed by atoms with Crippen LogP contribution in [0.15, 0.2) is 4.36 Å². The molecular formula is C6H9N3OS. The van der Waals surface area contributed by atoms with Crippen LogP contribution in [0.4, 0.5) is 0 Å². The zero-order chi connectivity index (χ0) is 9.12. The lowest BCUT2D eigenvalue weighted by molar-refractivity contribution is 0.662. The Labute approximate surface area is 66.6 Å². The van der Waals surface area contributed by atoms with Gasteiger partial charge in [-0.05, 0) is 13.8 Å². The Hall–Kier alpha value is -1.07.